The molecule has 2 aromatic carbocycles. The van der Waals surface area contributed by atoms with E-state index in [0.717, 1.165) is 10.9 Å². The van der Waals surface area contributed by atoms with Crippen LogP contribution < -0.4 is 10.7 Å². The third-order valence-corrected chi connectivity index (χ3v) is 4.70. The molecule has 1 amide bonds. The van der Waals surface area contributed by atoms with E-state index in [-0.39, 0.29) is 17.9 Å². The summed E-state index contributed by atoms with van der Waals surface area (Å²) in [7, 11) is 0. The Labute approximate surface area is 164 Å². The van der Waals surface area contributed by atoms with E-state index in [0.29, 0.717) is 26.6 Å². The highest BCUT2D eigenvalue weighted by atomic mass is 35.5. The topological polar surface area (TPSA) is 64.0 Å². The molecule has 4 rings (SSSR count). The molecule has 0 atom stereocenters. The van der Waals surface area contributed by atoms with Crippen LogP contribution in [0.15, 0.2) is 65.7 Å². The number of pyridine rings is 2. The second-order valence-corrected chi connectivity index (χ2v) is 6.91. The van der Waals surface area contributed by atoms with Crippen molar-refractivity contribution in [1.82, 2.24) is 9.55 Å². The van der Waals surface area contributed by atoms with Crippen molar-refractivity contribution in [1.29, 1.82) is 0 Å². The number of nitrogens with zero attached hydrogens (tertiary/aromatic N) is 2. The molecule has 0 fully saturated rings. The Hall–Kier alpha value is -2.89. The van der Waals surface area contributed by atoms with Crippen LogP contribution in [0.25, 0.3) is 21.8 Å². The fourth-order valence-corrected chi connectivity index (χ4v) is 3.34. The number of aromatic nitrogens is 2. The molecular weight excluding hydrogens is 385 g/mol. The molecule has 2 heterocycles. The molecule has 7 heteroatoms. The number of nitrogens with one attached hydrogen (secondary N) is 1. The average molecular weight is 398 g/mol. The van der Waals surface area contributed by atoms with Gasteiger partial charge in [-0.05, 0) is 42.5 Å². The Balaban J connectivity index is 1.66. The molecule has 0 aliphatic carbocycles. The number of hydrogen-bond acceptors (Lipinski definition) is 3. The Morgan fingerprint density at radius 3 is 2.56 bits per heavy atom. The lowest BCUT2D eigenvalue weighted by Gasteiger charge is -2.12. The summed E-state index contributed by atoms with van der Waals surface area (Å²) in [4.78, 5) is 28.9. The summed E-state index contributed by atoms with van der Waals surface area (Å²) in [6.45, 7) is 0.0444. The number of amides is 1. The average Bonchev–Trinajstić information content (AvgIpc) is 2.65. The molecule has 0 aliphatic heterocycles. The van der Waals surface area contributed by atoms with Crippen LogP contribution in [0.2, 0.25) is 10.0 Å². The monoisotopic (exact) mass is 397 g/mol. The van der Waals surface area contributed by atoms with Crippen molar-refractivity contribution in [3.63, 3.8) is 0 Å². The predicted molar refractivity (Wildman–Crippen MR) is 109 cm³/mol. The summed E-state index contributed by atoms with van der Waals surface area (Å²) in [6, 6.07) is 13.5. The SMILES string of the molecule is O=C(Cn1ccc(=O)c2cc(Cl)ccc21)Nc1ccnc2ccc(Cl)cc12. The van der Waals surface area contributed by atoms with E-state index in [1.54, 1.807) is 59.4 Å². The number of carbonyl (C=O) groups excluding carboxylic acids is 1. The summed E-state index contributed by atoms with van der Waals surface area (Å²) in [5.41, 5.74) is 1.87. The molecular formula is C20H13Cl2N3O2. The highest BCUT2D eigenvalue weighted by Gasteiger charge is 2.10. The minimum atomic E-state index is -0.234. The molecule has 0 unspecified atom stereocenters. The largest absolute Gasteiger partial charge is 0.338 e. The van der Waals surface area contributed by atoms with E-state index in [2.05, 4.69) is 10.3 Å². The minimum absolute atomic E-state index is 0.0444. The van der Waals surface area contributed by atoms with E-state index in [1.165, 1.54) is 6.07 Å². The van der Waals surface area contributed by atoms with E-state index in [4.69, 9.17) is 23.2 Å². The zero-order valence-corrected chi connectivity index (χ0v) is 15.5. The van der Waals surface area contributed by atoms with Gasteiger partial charge in [0, 0.05) is 39.3 Å². The van der Waals surface area contributed by atoms with Crippen molar-refractivity contribution < 1.29 is 4.79 Å². The summed E-state index contributed by atoms with van der Waals surface area (Å²) < 4.78 is 1.71. The van der Waals surface area contributed by atoms with E-state index >= 15 is 0 Å². The van der Waals surface area contributed by atoms with Gasteiger partial charge in [0.15, 0.2) is 5.43 Å². The third-order valence-electron chi connectivity index (χ3n) is 4.23. The number of carbonyl (C=O) groups is 1. The van der Waals surface area contributed by atoms with Crippen molar-refractivity contribution in [2.45, 2.75) is 6.54 Å². The molecule has 5 nitrogen and oxygen atoms in total. The predicted octanol–water partition coefficient (Wildman–Crippen LogP) is 4.50. The van der Waals surface area contributed by atoms with E-state index in [9.17, 15) is 9.59 Å². The van der Waals surface area contributed by atoms with Crippen molar-refractivity contribution in [3.8, 4) is 0 Å². The number of fused-ring (bicyclic) bond motifs is 2. The fraction of sp³-hybridized carbons (Fsp3) is 0.0500. The normalized spacial score (nSPS) is 11.0. The Morgan fingerprint density at radius 2 is 1.74 bits per heavy atom. The lowest BCUT2D eigenvalue weighted by Crippen LogP contribution is -2.20. The summed E-state index contributed by atoms with van der Waals surface area (Å²) in [5.74, 6) is -0.234. The van der Waals surface area contributed by atoms with Crippen LogP contribution in [0.4, 0.5) is 5.69 Å². The first-order chi connectivity index (χ1) is 13.0. The Morgan fingerprint density at radius 1 is 1.00 bits per heavy atom. The first kappa shape index (κ1) is 17.5. The molecule has 27 heavy (non-hydrogen) atoms. The van der Waals surface area contributed by atoms with E-state index in [1.807, 2.05) is 0 Å². The summed E-state index contributed by atoms with van der Waals surface area (Å²) in [5, 5.41) is 5.16. The molecule has 0 radical (unpaired) electrons. The van der Waals surface area contributed by atoms with Gasteiger partial charge in [-0.2, -0.15) is 0 Å². The Kier molecular flexibility index (Phi) is 4.56. The number of halogens is 2. The fourth-order valence-electron chi connectivity index (χ4n) is 2.99. The van der Waals surface area contributed by atoms with Crippen molar-refractivity contribution in [3.05, 3.63) is 81.2 Å². The van der Waals surface area contributed by atoms with Crippen molar-refractivity contribution in [2.24, 2.45) is 0 Å². The second kappa shape index (κ2) is 7.02. The van der Waals surface area contributed by atoms with Gasteiger partial charge in [0.25, 0.3) is 0 Å². The number of anilines is 1. The molecule has 0 saturated heterocycles. The zero-order valence-electron chi connectivity index (χ0n) is 13.9. The lowest BCUT2D eigenvalue weighted by atomic mass is 10.2. The maximum Gasteiger partial charge on any atom is 0.244 e. The van der Waals surface area contributed by atoms with Gasteiger partial charge in [0.2, 0.25) is 5.91 Å². The van der Waals surface area contributed by atoms with Gasteiger partial charge >= 0.3 is 0 Å². The summed E-state index contributed by atoms with van der Waals surface area (Å²) >= 11 is 12.0. The van der Waals surface area contributed by atoms with Crippen LogP contribution >= 0.6 is 23.2 Å². The van der Waals surface area contributed by atoms with Crippen molar-refractivity contribution in [2.75, 3.05) is 5.32 Å². The van der Waals surface area contributed by atoms with Crippen LogP contribution in [0, 0.1) is 0 Å². The number of hydrogen-bond donors (Lipinski definition) is 1. The molecule has 0 aliphatic rings. The van der Waals surface area contributed by atoms with Gasteiger partial charge in [0.05, 0.1) is 16.7 Å². The van der Waals surface area contributed by atoms with Crippen LogP contribution in [0.5, 0.6) is 0 Å². The van der Waals surface area contributed by atoms with Crippen LogP contribution in [0.1, 0.15) is 0 Å². The summed E-state index contributed by atoms with van der Waals surface area (Å²) in [6.07, 6.45) is 3.22. The molecule has 0 bridgehead atoms. The molecule has 0 saturated carbocycles. The maximum absolute atomic E-state index is 12.6. The van der Waals surface area contributed by atoms with E-state index < -0.39 is 0 Å². The van der Waals surface area contributed by atoms with Gasteiger partial charge < -0.3 is 9.88 Å². The van der Waals surface area contributed by atoms with Gasteiger partial charge in [-0.15, -0.1) is 0 Å². The molecule has 0 spiro atoms. The quantitative estimate of drug-likeness (QED) is 0.553. The maximum atomic E-state index is 12.6. The number of benzene rings is 2. The van der Waals surface area contributed by atoms with Gasteiger partial charge in [-0.1, -0.05) is 23.2 Å². The highest BCUT2D eigenvalue weighted by molar-refractivity contribution is 6.31. The molecule has 2 aromatic heterocycles. The van der Waals surface area contributed by atoms with Gasteiger partial charge in [0.1, 0.15) is 6.54 Å². The molecule has 4 aromatic rings. The Bertz CT molecular complexity index is 1250. The van der Waals surface area contributed by atoms with Crippen LogP contribution in [0.3, 0.4) is 0 Å². The van der Waals surface area contributed by atoms with Crippen molar-refractivity contribution >= 4 is 56.6 Å². The van der Waals surface area contributed by atoms with Gasteiger partial charge in [-0.3, -0.25) is 14.6 Å². The zero-order chi connectivity index (χ0) is 19.0. The van der Waals surface area contributed by atoms with Crippen LogP contribution in [-0.4, -0.2) is 15.5 Å². The van der Waals surface area contributed by atoms with Gasteiger partial charge in [-0.25, -0.2) is 0 Å². The van der Waals surface area contributed by atoms with Crippen LogP contribution in [-0.2, 0) is 11.3 Å². The smallest absolute Gasteiger partial charge is 0.244 e. The highest BCUT2D eigenvalue weighted by Crippen LogP contribution is 2.25. The third kappa shape index (κ3) is 3.52. The first-order valence-corrected chi connectivity index (χ1v) is 8.90. The molecule has 1 N–H and O–H groups in total. The first-order valence-electron chi connectivity index (χ1n) is 8.14. The minimum Gasteiger partial charge on any atom is -0.338 e. The lowest BCUT2D eigenvalue weighted by molar-refractivity contribution is -0.116. The number of rotatable bonds is 3. The molecule has 134 valence electrons. The standard InChI is InChI=1S/C20H13Cl2N3O2/c21-12-1-3-16-14(9-12)17(5-7-23-16)24-20(27)11-25-8-6-19(26)15-10-13(22)2-4-18(15)25/h1-10H,11H2,(H,23,24,27). The second-order valence-electron chi connectivity index (χ2n) is 6.04.